The number of methoxy groups -OCH3 is 1. The Morgan fingerprint density at radius 3 is 2.06 bits per heavy atom. The lowest BCUT2D eigenvalue weighted by atomic mass is 9.65. The highest BCUT2D eigenvalue weighted by atomic mass is 28.4. The van der Waals surface area contributed by atoms with E-state index in [9.17, 15) is 4.79 Å². The molecule has 3 aliphatic carbocycles. The van der Waals surface area contributed by atoms with Gasteiger partial charge >= 0.3 is 5.97 Å². The van der Waals surface area contributed by atoms with Gasteiger partial charge in [-0.1, -0.05) is 78.8 Å². The van der Waals surface area contributed by atoms with Crippen molar-refractivity contribution >= 4 is 22.6 Å². The van der Waals surface area contributed by atoms with Crippen molar-refractivity contribution in [1.82, 2.24) is 0 Å². The zero-order chi connectivity index (χ0) is 40.4. The number of carbonyl (C=O) groups is 1. The molecular weight excluding hydrogens is 693 g/mol. The fourth-order valence-corrected chi connectivity index (χ4v) is 10.4. The van der Waals surface area contributed by atoms with Crippen LogP contribution >= 0.6 is 0 Å². The number of fused-ring (bicyclic) bond motifs is 1. The van der Waals surface area contributed by atoms with E-state index in [1.54, 1.807) is 7.11 Å². The summed E-state index contributed by atoms with van der Waals surface area (Å²) in [4.78, 5) is 13.3. The number of unbranched alkanes of at least 4 members (excludes halogenated alkanes) is 1. The van der Waals surface area contributed by atoms with Crippen molar-refractivity contribution < 1.29 is 27.9 Å². The lowest BCUT2D eigenvalue weighted by Gasteiger charge is -2.45. The van der Waals surface area contributed by atoms with E-state index < -0.39 is 22.0 Å². The van der Waals surface area contributed by atoms with Crippen LogP contribution in [0, 0.1) is 16.7 Å². The maximum absolute atomic E-state index is 13.3. The quantitative estimate of drug-likeness (QED) is 0.0611. The van der Waals surface area contributed by atoms with E-state index in [0.717, 1.165) is 63.4 Å². The van der Waals surface area contributed by atoms with Gasteiger partial charge < -0.3 is 23.1 Å². The molecule has 0 N–H and O–H groups in total. The molecule has 3 saturated carbocycles. The van der Waals surface area contributed by atoms with E-state index >= 15 is 0 Å². The van der Waals surface area contributed by atoms with Crippen LogP contribution in [0.5, 0.6) is 0 Å². The predicted octanol–water partition coefficient (Wildman–Crippen LogP) is 12.6. The first-order valence-corrected chi connectivity index (χ1v) is 26.4. The van der Waals surface area contributed by atoms with Gasteiger partial charge in [-0.25, -0.2) is 0 Å². The minimum atomic E-state index is -2.05. The van der Waals surface area contributed by atoms with Crippen LogP contribution in [0.15, 0.2) is 47.1 Å². The summed E-state index contributed by atoms with van der Waals surface area (Å²) < 4.78 is 31.7. The molecule has 0 bridgehead atoms. The smallest absolute Gasteiger partial charge is 0.311 e. The van der Waals surface area contributed by atoms with Crippen LogP contribution in [0.4, 0.5) is 0 Å². The average Bonchev–Trinajstić information content (AvgIpc) is 3.28. The molecule has 0 aromatic heterocycles. The van der Waals surface area contributed by atoms with Gasteiger partial charge in [-0.3, -0.25) is 4.79 Å². The van der Waals surface area contributed by atoms with Crippen molar-refractivity contribution in [3.8, 4) is 0 Å². The summed E-state index contributed by atoms with van der Waals surface area (Å²) in [5, 5.41) is 0.234. The highest BCUT2D eigenvalue weighted by molar-refractivity contribution is 6.74. The number of hydrogen-bond acceptors (Lipinski definition) is 6. The summed E-state index contributed by atoms with van der Waals surface area (Å²) >= 11 is 0. The number of ether oxygens (including phenoxy) is 3. The highest BCUT2D eigenvalue weighted by Crippen LogP contribution is 2.58. The Balaban J connectivity index is 1.99. The van der Waals surface area contributed by atoms with Crippen LogP contribution in [0.3, 0.4) is 0 Å². The molecule has 8 heteroatoms. The lowest BCUT2D eigenvalue weighted by molar-refractivity contribution is -0.156. The zero-order valence-corrected chi connectivity index (χ0v) is 39.3. The third-order valence-electron chi connectivity index (χ3n) is 13.3. The van der Waals surface area contributed by atoms with Crippen molar-refractivity contribution in [3.63, 3.8) is 0 Å². The van der Waals surface area contributed by atoms with Gasteiger partial charge in [0, 0.05) is 13.5 Å². The first-order chi connectivity index (χ1) is 24.0. The van der Waals surface area contributed by atoms with Crippen molar-refractivity contribution in [2.75, 3.05) is 13.9 Å². The molecule has 0 saturated heterocycles. The molecule has 0 aromatic rings. The minimum Gasteiger partial charge on any atom is -0.457 e. The second kappa shape index (κ2) is 17.1. The Morgan fingerprint density at radius 2 is 1.49 bits per heavy atom. The van der Waals surface area contributed by atoms with Gasteiger partial charge in [0.05, 0.1) is 23.2 Å². The summed E-state index contributed by atoms with van der Waals surface area (Å²) in [6.07, 6.45) is 15.7. The summed E-state index contributed by atoms with van der Waals surface area (Å²) in [7, 11) is -2.39. The molecule has 304 valence electrons. The third kappa shape index (κ3) is 11.6. The Kier molecular flexibility index (Phi) is 14.8. The maximum Gasteiger partial charge on any atom is 0.311 e. The van der Waals surface area contributed by atoms with Gasteiger partial charge in [0.1, 0.15) is 12.9 Å². The van der Waals surface area contributed by atoms with Gasteiger partial charge in [0.25, 0.3) is 0 Å². The fourth-order valence-electron chi connectivity index (χ4n) is 7.71. The third-order valence-corrected chi connectivity index (χ3v) is 22.4. The van der Waals surface area contributed by atoms with Crippen LogP contribution in [0.1, 0.15) is 141 Å². The molecule has 3 aliphatic rings. The van der Waals surface area contributed by atoms with Crippen molar-refractivity contribution in [2.45, 2.75) is 201 Å². The van der Waals surface area contributed by atoms with Crippen LogP contribution in [0.25, 0.3) is 0 Å². The molecule has 6 nitrogen and oxygen atoms in total. The SMILES string of the molecule is C=C1/C(=C\C=C2/CCC[C@]3(C)/C(=C/CCCC(C)(C)OCOC)[C@H](OC(=O)C(C)(C)C)C[C@@H]23)C[C@@H](O[Si](C)(C)C(C)(C)C)C[C@@H]1O[Si](C)(C)C(C)(C)C. The molecule has 0 aliphatic heterocycles. The Bertz CT molecular complexity index is 1380. The van der Waals surface area contributed by atoms with Gasteiger partial charge in [-0.15, -0.1) is 0 Å². The molecular formula is C45H80O6Si2. The first-order valence-electron chi connectivity index (χ1n) is 20.5. The molecule has 0 amide bonds. The topological polar surface area (TPSA) is 63.2 Å². The predicted molar refractivity (Wildman–Crippen MR) is 227 cm³/mol. The number of esters is 1. The van der Waals surface area contributed by atoms with E-state index in [1.165, 1.54) is 16.7 Å². The molecule has 5 atom stereocenters. The Morgan fingerprint density at radius 1 is 0.887 bits per heavy atom. The molecule has 0 spiro atoms. The Labute approximate surface area is 328 Å². The molecule has 53 heavy (non-hydrogen) atoms. The normalized spacial score (nSPS) is 28.9. The van der Waals surface area contributed by atoms with E-state index in [2.05, 4.69) is 107 Å². The molecule has 0 unspecified atom stereocenters. The average molecular weight is 773 g/mol. The van der Waals surface area contributed by atoms with Gasteiger partial charge in [0.15, 0.2) is 16.6 Å². The fraction of sp³-hybridized carbons (Fsp3) is 0.800. The van der Waals surface area contributed by atoms with E-state index in [-0.39, 0.29) is 45.4 Å². The largest absolute Gasteiger partial charge is 0.457 e. The second-order valence-corrected chi connectivity index (χ2v) is 30.8. The molecule has 3 rings (SSSR count). The van der Waals surface area contributed by atoms with Crippen LogP contribution in [-0.2, 0) is 27.9 Å². The van der Waals surface area contributed by atoms with E-state index in [1.807, 2.05) is 20.8 Å². The summed E-state index contributed by atoms with van der Waals surface area (Å²) in [5.41, 5.74) is 4.27. The monoisotopic (exact) mass is 773 g/mol. The number of rotatable bonds is 13. The summed E-state index contributed by atoms with van der Waals surface area (Å²) in [6.45, 7) is 40.8. The number of hydrogen-bond donors (Lipinski definition) is 0. The van der Waals surface area contributed by atoms with Gasteiger partial charge in [-0.05, 0) is 150 Å². The first kappa shape index (κ1) is 46.1. The van der Waals surface area contributed by atoms with Crippen molar-refractivity contribution in [2.24, 2.45) is 16.7 Å². The standard InChI is InChI=1S/C45H80O6Si2/c1-32-34(28-35(50-52(15,16)42(5,6)7)29-38(32)51-53(17,18)43(8,9)10)25-24-33-22-21-27-45(13)36(23-19-20-26-44(11,12)48-31-47-14)39(30-37(33)45)49-40(46)41(2,3)4/h23-25,35,37-39H,1,19-22,26-31H2,2-18H3/b33-24+,34-25-,36-23+/t35-,37+,38+,39-,45-/m1/s1. The molecule has 0 aromatic carbocycles. The summed E-state index contributed by atoms with van der Waals surface area (Å²) in [6, 6.07) is 0. The lowest BCUT2D eigenvalue weighted by Crippen LogP contribution is -2.49. The van der Waals surface area contributed by atoms with Crippen LogP contribution in [-0.4, -0.2) is 60.4 Å². The molecule has 0 radical (unpaired) electrons. The van der Waals surface area contributed by atoms with Crippen LogP contribution < -0.4 is 0 Å². The second-order valence-electron chi connectivity index (χ2n) is 21.3. The summed E-state index contributed by atoms with van der Waals surface area (Å²) in [5.74, 6) is 0.186. The van der Waals surface area contributed by atoms with Gasteiger partial charge in [-0.2, -0.15) is 0 Å². The van der Waals surface area contributed by atoms with Crippen molar-refractivity contribution in [1.29, 1.82) is 0 Å². The molecule has 0 heterocycles. The number of allylic oxidation sites excluding steroid dienone is 4. The zero-order valence-electron chi connectivity index (χ0n) is 37.3. The highest BCUT2D eigenvalue weighted by Gasteiger charge is 2.52. The van der Waals surface area contributed by atoms with E-state index in [0.29, 0.717) is 12.7 Å². The van der Waals surface area contributed by atoms with E-state index in [4.69, 9.17) is 29.6 Å². The van der Waals surface area contributed by atoms with Crippen molar-refractivity contribution in [3.05, 3.63) is 47.1 Å². The van der Waals surface area contributed by atoms with Gasteiger partial charge in [0.2, 0.25) is 0 Å². The van der Waals surface area contributed by atoms with Crippen LogP contribution in [0.2, 0.25) is 36.3 Å². The number of carbonyl (C=O) groups excluding carboxylic acids is 1. The minimum absolute atomic E-state index is 0.0484. The maximum atomic E-state index is 13.3. The Hall–Kier alpha value is -1.30. The molecule has 3 fully saturated rings.